The number of fused-ring (bicyclic) bond motifs is 4. The second-order valence-electron chi connectivity index (χ2n) is 10.2. The third-order valence-electron chi connectivity index (χ3n) is 7.12. The first kappa shape index (κ1) is 26.9. The van der Waals surface area contributed by atoms with Gasteiger partial charge in [0.05, 0.1) is 42.0 Å². The fourth-order valence-electron chi connectivity index (χ4n) is 5.23. The minimum Gasteiger partial charge on any atom is -0.494 e. The predicted molar refractivity (Wildman–Crippen MR) is 145 cm³/mol. The van der Waals surface area contributed by atoms with Gasteiger partial charge in [-0.2, -0.15) is 0 Å². The molecule has 3 amide bonds. The summed E-state index contributed by atoms with van der Waals surface area (Å²) in [6.45, 7) is 7.20. The molecular formula is C28H33N5O5S. The standard InChI is InChI=1S/C28H33N5O5S/c1-17-11-22(38-31-17)13-26(35)32-9-4-5-10-37-21-8-6-7-20(12-21)23-14-33(15-24(23)30-25(34)16-32)28(36)27-18(2)29-19(3)39-27/h6-8,11-12,23-24H,4-5,9-10,13-16H2,1-3H3,(H,30,34)/t23-,24+/m1/s1. The molecule has 2 bridgehead atoms. The average Bonchev–Trinajstić information content (AvgIpc) is 3.60. The van der Waals surface area contributed by atoms with E-state index < -0.39 is 0 Å². The number of benzene rings is 1. The number of carbonyl (C=O) groups is 3. The molecule has 0 saturated carbocycles. The van der Waals surface area contributed by atoms with Gasteiger partial charge in [-0.1, -0.05) is 17.3 Å². The van der Waals surface area contributed by atoms with Crippen molar-refractivity contribution in [3.05, 3.63) is 62.9 Å². The second kappa shape index (κ2) is 11.6. The number of nitrogens with zero attached hydrogens (tertiary/aromatic N) is 4. The van der Waals surface area contributed by atoms with Crippen molar-refractivity contribution in [2.45, 2.75) is 52.0 Å². The van der Waals surface area contributed by atoms with E-state index in [0.29, 0.717) is 49.0 Å². The minimum absolute atomic E-state index is 0.0388. The van der Waals surface area contributed by atoms with Gasteiger partial charge in [0, 0.05) is 31.6 Å². The zero-order valence-corrected chi connectivity index (χ0v) is 23.3. The monoisotopic (exact) mass is 551 g/mol. The third-order valence-corrected chi connectivity index (χ3v) is 8.18. The van der Waals surface area contributed by atoms with Crippen molar-refractivity contribution in [3.8, 4) is 5.75 Å². The number of aryl methyl sites for hydroxylation is 3. The van der Waals surface area contributed by atoms with Gasteiger partial charge in [0.2, 0.25) is 11.8 Å². The SMILES string of the molecule is Cc1cc(CC(=O)N2CCCCOc3cccc(c3)[C@H]3CN(C(=O)c4sc(C)nc4C)C[C@@H]3NC(=O)C2)on1. The van der Waals surface area contributed by atoms with E-state index in [1.165, 1.54) is 11.3 Å². The zero-order valence-electron chi connectivity index (χ0n) is 22.4. The van der Waals surface area contributed by atoms with Crippen LogP contribution in [0.3, 0.4) is 0 Å². The molecule has 2 atom stereocenters. The molecular weight excluding hydrogens is 518 g/mol. The van der Waals surface area contributed by atoms with Crippen molar-refractivity contribution >= 4 is 29.1 Å². The largest absolute Gasteiger partial charge is 0.494 e. The molecule has 1 N–H and O–H groups in total. The molecule has 2 aliphatic heterocycles. The van der Waals surface area contributed by atoms with Gasteiger partial charge in [-0.05, 0) is 51.3 Å². The predicted octanol–water partition coefficient (Wildman–Crippen LogP) is 3.02. The summed E-state index contributed by atoms with van der Waals surface area (Å²) < 4.78 is 11.2. The maximum Gasteiger partial charge on any atom is 0.265 e. The highest BCUT2D eigenvalue weighted by molar-refractivity contribution is 7.13. The first-order valence-electron chi connectivity index (χ1n) is 13.2. The van der Waals surface area contributed by atoms with E-state index >= 15 is 0 Å². The van der Waals surface area contributed by atoms with E-state index in [2.05, 4.69) is 15.5 Å². The first-order valence-corrected chi connectivity index (χ1v) is 14.0. The van der Waals surface area contributed by atoms with E-state index in [1.54, 1.807) is 22.8 Å². The lowest BCUT2D eigenvalue weighted by Crippen LogP contribution is -2.47. The number of thiazole rings is 1. The summed E-state index contributed by atoms with van der Waals surface area (Å²) in [6, 6.07) is 9.28. The molecule has 1 saturated heterocycles. The topological polar surface area (TPSA) is 118 Å². The lowest BCUT2D eigenvalue weighted by molar-refractivity contribution is -0.136. The Morgan fingerprint density at radius 1 is 1.13 bits per heavy atom. The summed E-state index contributed by atoms with van der Waals surface area (Å²) in [5.74, 6) is 0.565. The molecule has 0 radical (unpaired) electrons. The minimum atomic E-state index is -0.317. The normalized spacial score (nSPS) is 20.1. The van der Waals surface area contributed by atoms with Crippen LogP contribution < -0.4 is 10.1 Å². The molecule has 2 aliphatic rings. The maximum absolute atomic E-state index is 13.4. The first-order chi connectivity index (χ1) is 18.8. The Labute approximate surface area is 231 Å². The molecule has 39 heavy (non-hydrogen) atoms. The maximum atomic E-state index is 13.4. The van der Waals surface area contributed by atoms with Gasteiger partial charge in [0.15, 0.2) is 0 Å². The van der Waals surface area contributed by atoms with Crippen LogP contribution in [-0.4, -0.2) is 76.5 Å². The van der Waals surface area contributed by atoms with E-state index in [0.717, 1.165) is 28.4 Å². The quantitative estimate of drug-likeness (QED) is 0.532. The Hall–Kier alpha value is -3.73. The number of ether oxygens (including phenoxy) is 1. The summed E-state index contributed by atoms with van der Waals surface area (Å²) >= 11 is 1.39. The van der Waals surface area contributed by atoms with Crippen LogP contribution in [0.5, 0.6) is 5.75 Å². The molecule has 206 valence electrons. The van der Waals surface area contributed by atoms with Crippen LogP contribution in [0.2, 0.25) is 0 Å². The van der Waals surface area contributed by atoms with E-state index in [-0.39, 0.29) is 42.6 Å². The summed E-state index contributed by atoms with van der Waals surface area (Å²) in [6.07, 6.45) is 1.46. The summed E-state index contributed by atoms with van der Waals surface area (Å²) in [7, 11) is 0. The molecule has 3 aromatic rings. The highest BCUT2D eigenvalue weighted by Crippen LogP contribution is 2.32. The lowest BCUT2D eigenvalue weighted by Gasteiger charge is -2.25. The molecule has 4 heterocycles. The van der Waals surface area contributed by atoms with Gasteiger partial charge in [-0.3, -0.25) is 14.4 Å². The van der Waals surface area contributed by atoms with Crippen molar-refractivity contribution in [2.75, 3.05) is 32.8 Å². The molecule has 0 unspecified atom stereocenters. The highest BCUT2D eigenvalue weighted by Gasteiger charge is 2.39. The van der Waals surface area contributed by atoms with Crippen molar-refractivity contribution in [1.29, 1.82) is 0 Å². The highest BCUT2D eigenvalue weighted by atomic mass is 32.1. The molecule has 0 aliphatic carbocycles. The summed E-state index contributed by atoms with van der Waals surface area (Å²) in [5, 5.41) is 7.83. The molecule has 1 aromatic carbocycles. The third kappa shape index (κ3) is 6.30. The number of hydrogen-bond donors (Lipinski definition) is 1. The van der Waals surface area contributed by atoms with Gasteiger partial charge < -0.3 is 24.4 Å². The Morgan fingerprint density at radius 2 is 1.97 bits per heavy atom. The van der Waals surface area contributed by atoms with Crippen molar-refractivity contribution in [3.63, 3.8) is 0 Å². The molecule has 2 aromatic heterocycles. The van der Waals surface area contributed by atoms with Crippen LogP contribution in [-0.2, 0) is 16.0 Å². The second-order valence-corrected chi connectivity index (χ2v) is 11.4. The Bertz CT molecular complexity index is 1370. The lowest BCUT2D eigenvalue weighted by atomic mass is 9.94. The van der Waals surface area contributed by atoms with Gasteiger partial charge in [-0.15, -0.1) is 11.3 Å². The number of rotatable bonds is 3. The number of hydrogen-bond acceptors (Lipinski definition) is 8. The molecule has 0 spiro atoms. The van der Waals surface area contributed by atoms with E-state index in [9.17, 15) is 14.4 Å². The number of likely N-dealkylation sites (tertiary alicyclic amines) is 1. The number of amides is 3. The van der Waals surface area contributed by atoms with E-state index in [1.807, 2.05) is 38.1 Å². The van der Waals surface area contributed by atoms with Crippen LogP contribution in [0.15, 0.2) is 34.9 Å². The van der Waals surface area contributed by atoms with Crippen molar-refractivity contribution in [1.82, 2.24) is 25.3 Å². The van der Waals surface area contributed by atoms with Crippen LogP contribution in [0.1, 0.15) is 56.2 Å². The smallest absolute Gasteiger partial charge is 0.265 e. The Kier molecular flexibility index (Phi) is 7.97. The van der Waals surface area contributed by atoms with Gasteiger partial charge in [0.25, 0.3) is 5.91 Å². The van der Waals surface area contributed by atoms with Crippen LogP contribution in [0.4, 0.5) is 0 Å². The molecule has 5 rings (SSSR count). The molecule has 10 nitrogen and oxygen atoms in total. The van der Waals surface area contributed by atoms with Crippen LogP contribution in [0.25, 0.3) is 0 Å². The zero-order chi connectivity index (χ0) is 27.5. The number of carbonyl (C=O) groups excluding carboxylic acids is 3. The average molecular weight is 552 g/mol. The van der Waals surface area contributed by atoms with Crippen molar-refractivity contribution < 1.29 is 23.6 Å². The number of aromatic nitrogens is 2. The summed E-state index contributed by atoms with van der Waals surface area (Å²) in [5.41, 5.74) is 2.42. The molecule has 1 fully saturated rings. The van der Waals surface area contributed by atoms with E-state index in [4.69, 9.17) is 9.26 Å². The van der Waals surface area contributed by atoms with Gasteiger partial charge in [-0.25, -0.2) is 4.98 Å². The van der Waals surface area contributed by atoms with Gasteiger partial charge >= 0.3 is 0 Å². The number of nitrogens with one attached hydrogen (secondary N) is 1. The van der Waals surface area contributed by atoms with Crippen molar-refractivity contribution in [2.24, 2.45) is 0 Å². The Balaban J connectivity index is 1.37. The Morgan fingerprint density at radius 3 is 2.72 bits per heavy atom. The van der Waals surface area contributed by atoms with Crippen LogP contribution >= 0.6 is 11.3 Å². The molecule has 11 heteroatoms. The summed E-state index contributed by atoms with van der Waals surface area (Å²) in [4.78, 5) is 48.3. The van der Waals surface area contributed by atoms with Crippen LogP contribution in [0, 0.1) is 20.8 Å². The fraction of sp³-hybridized carbons (Fsp3) is 0.464. The van der Waals surface area contributed by atoms with Gasteiger partial charge in [0.1, 0.15) is 16.4 Å². The fourth-order valence-corrected chi connectivity index (χ4v) is 6.12.